The van der Waals surface area contributed by atoms with Gasteiger partial charge in [-0.1, -0.05) is 32.9 Å². The molecule has 1 unspecified atom stereocenters. The van der Waals surface area contributed by atoms with Gasteiger partial charge in [0.1, 0.15) is 0 Å². The van der Waals surface area contributed by atoms with E-state index in [2.05, 4.69) is 28.8 Å². The fourth-order valence-electron chi connectivity index (χ4n) is 3.04. The van der Waals surface area contributed by atoms with E-state index < -0.39 is 0 Å². The van der Waals surface area contributed by atoms with E-state index in [1.807, 2.05) is 27.7 Å². The third-order valence-corrected chi connectivity index (χ3v) is 4.21. The Kier molecular flexibility index (Phi) is 11.6. The lowest BCUT2D eigenvalue weighted by molar-refractivity contribution is 0.0739. The van der Waals surface area contributed by atoms with Crippen LogP contribution >= 0.6 is 0 Å². The Morgan fingerprint density at radius 3 is 2.10 bits per heavy atom. The van der Waals surface area contributed by atoms with Gasteiger partial charge >= 0.3 is 0 Å². The maximum atomic E-state index is 8.88. The van der Waals surface area contributed by atoms with Gasteiger partial charge in [0, 0.05) is 44.7 Å². The molecule has 0 spiro atoms. The Bertz CT molecular complexity index is 271. The molecule has 1 aliphatic heterocycles. The van der Waals surface area contributed by atoms with Crippen molar-refractivity contribution in [2.45, 2.75) is 79.3 Å². The molecule has 0 aromatic carbocycles. The quantitative estimate of drug-likeness (QED) is 0.622. The highest BCUT2D eigenvalue weighted by atomic mass is 16.4. The van der Waals surface area contributed by atoms with E-state index in [1.54, 1.807) is 0 Å². The monoisotopic (exact) mass is 299 g/mol. The predicted octanol–water partition coefficient (Wildman–Crippen LogP) is 3.84. The number of hydrogen-bond donors (Lipinski definition) is 1. The van der Waals surface area contributed by atoms with Crippen molar-refractivity contribution in [3.05, 3.63) is 0 Å². The Morgan fingerprint density at radius 1 is 1.05 bits per heavy atom. The van der Waals surface area contributed by atoms with Crippen LogP contribution in [0, 0.1) is 0 Å². The van der Waals surface area contributed by atoms with Gasteiger partial charge in [-0.15, -0.1) is 0 Å². The highest BCUT2D eigenvalue weighted by Gasteiger charge is 2.27. The molecule has 126 valence electrons. The molecule has 2 rings (SSSR count). The molecule has 0 bridgehead atoms. The van der Waals surface area contributed by atoms with Gasteiger partial charge in [-0.25, -0.2) is 0 Å². The van der Waals surface area contributed by atoms with E-state index >= 15 is 0 Å². The second-order valence-electron chi connectivity index (χ2n) is 5.58. The highest BCUT2D eigenvalue weighted by molar-refractivity contribution is 5.85. The molecule has 2 aliphatic rings. The largest absolute Gasteiger partial charge is 0.411 e. The maximum Gasteiger partial charge on any atom is 0.0586 e. The fraction of sp³-hybridized carbons (Fsp3) is 0.941. The van der Waals surface area contributed by atoms with Gasteiger partial charge < -0.3 is 5.21 Å². The van der Waals surface area contributed by atoms with Crippen LogP contribution in [0.1, 0.15) is 67.2 Å². The molecule has 0 amide bonds. The van der Waals surface area contributed by atoms with Crippen LogP contribution in [-0.2, 0) is 0 Å². The zero-order chi connectivity index (χ0) is 16.3. The molecule has 21 heavy (non-hydrogen) atoms. The molecule has 1 saturated heterocycles. The molecule has 2 fully saturated rings. The minimum Gasteiger partial charge on any atom is -0.411 e. The van der Waals surface area contributed by atoms with E-state index in [4.69, 9.17) is 5.21 Å². The number of piperazine rings is 1. The van der Waals surface area contributed by atoms with Crippen molar-refractivity contribution in [2.24, 2.45) is 5.16 Å². The molecule has 1 aliphatic carbocycles. The second kappa shape index (κ2) is 12.0. The molecule has 1 atom stereocenters. The van der Waals surface area contributed by atoms with Crippen LogP contribution in [0.15, 0.2) is 5.16 Å². The minimum absolute atomic E-state index is 0.615. The topological polar surface area (TPSA) is 39.1 Å². The van der Waals surface area contributed by atoms with E-state index in [1.165, 1.54) is 39.0 Å². The molecular weight excluding hydrogens is 262 g/mol. The molecule has 0 radical (unpaired) electrons. The van der Waals surface area contributed by atoms with Crippen molar-refractivity contribution in [1.82, 2.24) is 9.80 Å². The molecule has 1 N–H and O–H groups in total. The summed E-state index contributed by atoms with van der Waals surface area (Å²) in [5.41, 5.74) is 0.993. The van der Waals surface area contributed by atoms with E-state index in [0.29, 0.717) is 12.1 Å². The summed E-state index contributed by atoms with van der Waals surface area (Å²) < 4.78 is 0. The number of hydrogen-bond acceptors (Lipinski definition) is 4. The van der Waals surface area contributed by atoms with E-state index in [9.17, 15) is 0 Å². The standard InChI is InChI=1S/C13H25N3O.2C2H6/c1-11(2)15-6-8-16(9-7-15)13-5-3-4-12(10-13)14-17;2*1-2/h11,13,17H,3-10H2,1-2H3;2*1-2H3/b14-12+;;. The average Bonchev–Trinajstić information content (AvgIpc) is 2.58. The fourth-order valence-corrected chi connectivity index (χ4v) is 3.04. The molecule has 1 heterocycles. The van der Waals surface area contributed by atoms with Gasteiger partial charge in [0.15, 0.2) is 0 Å². The maximum absolute atomic E-state index is 8.88. The summed E-state index contributed by atoms with van der Waals surface area (Å²) in [6.45, 7) is 17.2. The van der Waals surface area contributed by atoms with Crippen LogP contribution in [0.3, 0.4) is 0 Å². The van der Waals surface area contributed by atoms with Crippen LogP contribution in [0.4, 0.5) is 0 Å². The molecule has 0 aromatic rings. The third-order valence-electron chi connectivity index (χ3n) is 4.21. The van der Waals surface area contributed by atoms with Crippen molar-refractivity contribution in [1.29, 1.82) is 0 Å². The van der Waals surface area contributed by atoms with Crippen molar-refractivity contribution in [3.63, 3.8) is 0 Å². The van der Waals surface area contributed by atoms with Crippen LogP contribution in [0.2, 0.25) is 0 Å². The van der Waals surface area contributed by atoms with Gasteiger partial charge in [0.05, 0.1) is 5.71 Å². The smallest absolute Gasteiger partial charge is 0.0586 e. The highest BCUT2D eigenvalue weighted by Crippen LogP contribution is 2.22. The van der Waals surface area contributed by atoms with Gasteiger partial charge in [0.25, 0.3) is 0 Å². The predicted molar refractivity (Wildman–Crippen MR) is 92.5 cm³/mol. The zero-order valence-corrected chi connectivity index (χ0v) is 15.1. The number of rotatable bonds is 2. The minimum atomic E-state index is 0.615. The number of oxime groups is 1. The summed E-state index contributed by atoms with van der Waals surface area (Å²) in [5.74, 6) is 0. The lowest BCUT2D eigenvalue weighted by Gasteiger charge is -2.42. The van der Waals surface area contributed by atoms with Crippen LogP contribution in [-0.4, -0.2) is 59.0 Å². The lowest BCUT2D eigenvalue weighted by atomic mass is 9.92. The van der Waals surface area contributed by atoms with Crippen LogP contribution < -0.4 is 0 Å². The summed E-state index contributed by atoms with van der Waals surface area (Å²) in [6, 6.07) is 1.28. The van der Waals surface area contributed by atoms with Crippen molar-refractivity contribution >= 4 is 5.71 Å². The average molecular weight is 300 g/mol. The van der Waals surface area contributed by atoms with Crippen LogP contribution in [0.25, 0.3) is 0 Å². The zero-order valence-electron chi connectivity index (χ0n) is 15.1. The summed E-state index contributed by atoms with van der Waals surface area (Å²) >= 11 is 0. The summed E-state index contributed by atoms with van der Waals surface area (Å²) in [7, 11) is 0. The van der Waals surface area contributed by atoms with Gasteiger partial charge in [-0.2, -0.15) is 0 Å². The normalized spacial score (nSPS) is 25.9. The first-order chi connectivity index (χ1) is 10.2. The van der Waals surface area contributed by atoms with E-state index in [-0.39, 0.29) is 0 Å². The Morgan fingerprint density at radius 2 is 1.62 bits per heavy atom. The van der Waals surface area contributed by atoms with Crippen molar-refractivity contribution in [3.8, 4) is 0 Å². The summed E-state index contributed by atoms with van der Waals surface area (Å²) in [5, 5.41) is 12.3. The Balaban J connectivity index is 0.000000921. The first-order valence-corrected chi connectivity index (χ1v) is 8.88. The Labute approximate surface area is 132 Å². The van der Waals surface area contributed by atoms with Gasteiger partial charge in [0.2, 0.25) is 0 Å². The second-order valence-corrected chi connectivity index (χ2v) is 5.58. The van der Waals surface area contributed by atoms with Gasteiger partial charge in [-0.3, -0.25) is 9.80 Å². The first-order valence-electron chi connectivity index (χ1n) is 8.88. The first kappa shape index (κ1) is 20.4. The van der Waals surface area contributed by atoms with Gasteiger partial charge in [-0.05, 0) is 33.1 Å². The van der Waals surface area contributed by atoms with Crippen LogP contribution in [0.5, 0.6) is 0 Å². The molecule has 1 saturated carbocycles. The summed E-state index contributed by atoms with van der Waals surface area (Å²) in [4.78, 5) is 5.13. The molecular formula is C17H37N3O. The molecule has 4 nitrogen and oxygen atoms in total. The molecule has 0 aromatic heterocycles. The SMILES string of the molecule is CC.CC.CC(C)N1CCN(C2CCC/C(=N\O)C2)CC1. The van der Waals surface area contributed by atoms with Crippen molar-refractivity contribution in [2.75, 3.05) is 26.2 Å². The third kappa shape index (κ3) is 6.79. The van der Waals surface area contributed by atoms with Crippen molar-refractivity contribution < 1.29 is 5.21 Å². The number of nitrogens with zero attached hydrogens (tertiary/aromatic N) is 3. The molecule has 4 heteroatoms. The lowest BCUT2D eigenvalue weighted by Crippen LogP contribution is -2.53. The summed E-state index contributed by atoms with van der Waals surface area (Å²) in [6.07, 6.45) is 4.40. The van der Waals surface area contributed by atoms with E-state index in [0.717, 1.165) is 18.6 Å². The Hall–Kier alpha value is -0.610.